The third-order valence-corrected chi connectivity index (χ3v) is 2.59. The van der Waals surface area contributed by atoms with E-state index in [4.69, 9.17) is 4.52 Å². The zero-order valence-corrected chi connectivity index (χ0v) is 11.3. The van der Waals surface area contributed by atoms with Crippen molar-refractivity contribution in [3.63, 3.8) is 0 Å². The lowest BCUT2D eigenvalue weighted by molar-refractivity contribution is 0.0948. The molecule has 0 atom stereocenters. The van der Waals surface area contributed by atoms with Gasteiger partial charge in [0, 0.05) is 19.9 Å². The summed E-state index contributed by atoms with van der Waals surface area (Å²) in [5.41, 5.74) is 0.369. The van der Waals surface area contributed by atoms with Crippen molar-refractivity contribution in [2.24, 2.45) is 0 Å². The minimum Gasteiger partial charge on any atom is -0.350 e. The Kier molecular flexibility index (Phi) is 4.03. The molecule has 0 saturated carbocycles. The number of hydrogen-bond acceptors (Lipinski definition) is 5. The standard InChI is InChI=1S/C11H11BrN4O2/c1-7-14-10(16-18-7)5-6-13-11(17)8-3-2-4-9(12)15-8/h2-4H,5-6H2,1H3,(H,13,17). The van der Waals surface area contributed by atoms with Gasteiger partial charge in [0.05, 0.1) is 0 Å². The maximum atomic E-state index is 11.7. The van der Waals surface area contributed by atoms with Crippen LogP contribution in [0.2, 0.25) is 0 Å². The van der Waals surface area contributed by atoms with E-state index in [1.807, 2.05) is 0 Å². The zero-order valence-electron chi connectivity index (χ0n) is 9.68. The lowest BCUT2D eigenvalue weighted by Gasteiger charge is -2.02. The second-order valence-corrected chi connectivity index (χ2v) is 4.39. The highest BCUT2D eigenvalue weighted by molar-refractivity contribution is 9.10. The Morgan fingerprint density at radius 1 is 1.44 bits per heavy atom. The maximum absolute atomic E-state index is 11.7. The van der Waals surface area contributed by atoms with E-state index in [2.05, 4.69) is 36.4 Å². The lowest BCUT2D eigenvalue weighted by Crippen LogP contribution is -2.26. The van der Waals surface area contributed by atoms with E-state index in [1.165, 1.54) is 0 Å². The minimum atomic E-state index is -0.225. The Hall–Kier alpha value is -1.76. The van der Waals surface area contributed by atoms with Crippen LogP contribution in [0.4, 0.5) is 0 Å². The largest absolute Gasteiger partial charge is 0.350 e. The van der Waals surface area contributed by atoms with E-state index < -0.39 is 0 Å². The first kappa shape index (κ1) is 12.7. The number of halogens is 1. The van der Waals surface area contributed by atoms with E-state index in [9.17, 15) is 4.79 Å². The molecular formula is C11H11BrN4O2. The molecule has 1 amide bonds. The number of nitrogens with one attached hydrogen (secondary N) is 1. The van der Waals surface area contributed by atoms with Crippen molar-refractivity contribution in [1.82, 2.24) is 20.4 Å². The molecule has 0 saturated heterocycles. The van der Waals surface area contributed by atoms with Crippen LogP contribution in [0.3, 0.4) is 0 Å². The fourth-order valence-electron chi connectivity index (χ4n) is 1.36. The molecule has 1 N–H and O–H groups in total. The molecule has 0 aliphatic rings. The summed E-state index contributed by atoms with van der Waals surface area (Å²) in [4.78, 5) is 19.8. The van der Waals surface area contributed by atoms with Crippen LogP contribution in [0.5, 0.6) is 0 Å². The number of nitrogens with zero attached hydrogens (tertiary/aromatic N) is 3. The zero-order chi connectivity index (χ0) is 13.0. The number of pyridine rings is 1. The van der Waals surface area contributed by atoms with Gasteiger partial charge in [-0.1, -0.05) is 11.2 Å². The number of carbonyl (C=O) groups excluding carboxylic acids is 1. The fourth-order valence-corrected chi connectivity index (χ4v) is 1.70. The highest BCUT2D eigenvalue weighted by Crippen LogP contribution is 2.06. The van der Waals surface area contributed by atoms with Gasteiger partial charge in [-0.05, 0) is 28.1 Å². The molecule has 0 bridgehead atoms. The number of aryl methyl sites for hydroxylation is 1. The molecule has 2 rings (SSSR count). The first-order chi connectivity index (χ1) is 8.65. The molecule has 0 aromatic carbocycles. The highest BCUT2D eigenvalue weighted by Gasteiger charge is 2.08. The van der Waals surface area contributed by atoms with Crippen molar-refractivity contribution in [2.45, 2.75) is 13.3 Å². The van der Waals surface area contributed by atoms with Gasteiger partial charge in [-0.3, -0.25) is 4.79 Å². The molecule has 2 aromatic heterocycles. The van der Waals surface area contributed by atoms with E-state index >= 15 is 0 Å². The first-order valence-corrected chi connectivity index (χ1v) is 6.14. The van der Waals surface area contributed by atoms with Gasteiger partial charge < -0.3 is 9.84 Å². The summed E-state index contributed by atoms with van der Waals surface area (Å²) >= 11 is 3.21. The van der Waals surface area contributed by atoms with Crippen molar-refractivity contribution in [2.75, 3.05) is 6.54 Å². The summed E-state index contributed by atoms with van der Waals surface area (Å²) in [5.74, 6) is 0.872. The highest BCUT2D eigenvalue weighted by atomic mass is 79.9. The third-order valence-electron chi connectivity index (χ3n) is 2.15. The van der Waals surface area contributed by atoms with Crippen molar-refractivity contribution in [3.8, 4) is 0 Å². The molecule has 0 radical (unpaired) electrons. The molecular weight excluding hydrogens is 300 g/mol. The molecule has 0 unspecified atom stereocenters. The van der Waals surface area contributed by atoms with Gasteiger partial charge in [0.2, 0.25) is 5.89 Å². The molecule has 2 aromatic rings. The van der Waals surface area contributed by atoms with Crippen molar-refractivity contribution in [1.29, 1.82) is 0 Å². The molecule has 0 fully saturated rings. The molecule has 94 valence electrons. The second-order valence-electron chi connectivity index (χ2n) is 3.58. The molecule has 0 aliphatic carbocycles. The normalized spacial score (nSPS) is 10.3. The quantitative estimate of drug-likeness (QED) is 0.866. The monoisotopic (exact) mass is 310 g/mol. The van der Waals surface area contributed by atoms with Crippen LogP contribution < -0.4 is 5.32 Å². The van der Waals surface area contributed by atoms with Gasteiger partial charge in [-0.2, -0.15) is 4.98 Å². The average molecular weight is 311 g/mol. The number of rotatable bonds is 4. The predicted molar refractivity (Wildman–Crippen MR) is 67.0 cm³/mol. The van der Waals surface area contributed by atoms with E-state index in [1.54, 1.807) is 25.1 Å². The van der Waals surface area contributed by atoms with Crippen molar-refractivity contribution < 1.29 is 9.32 Å². The van der Waals surface area contributed by atoms with E-state index in [0.29, 0.717) is 35.0 Å². The molecule has 18 heavy (non-hydrogen) atoms. The SMILES string of the molecule is Cc1nc(CCNC(=O)c2cccc(Br)n2)no1. The van der Waals surface area contributed by atoms with Gasteiger partial charge in [-0.25, -0.2) is 4.98 Å². The first-order valence-electron chi connectivity index (χ1n) is 5.35. The average Bonchev–Trinajstić information content (AvgIpc) is 2.75. The third kappa shape index (κ3) is 3.36. The summed E-state index contributed by atoms with van der Waals surface area (Å²) in [6, 6.07) is 5.17. The van der Waals surface area contributed by atoms with Crippen LogP contribution in [0.25, 0.3) is 0 Å². The Bertz CT molecular complexity index is 555. The van der Waals surface area contributed by atoms with Gasteiger partial charge in [0.25, 0.3) is 5.91 Å². The lowest BCUT2D eigenvalue weighted by atomic mass is 10.3. The molecule has 7 heteroatoms. The van der Waals surface area contributed by atoms with E-state index in [-0.39, 0.29) is 5.91 Å². The smallest absolute Gasteiger partial charge is 0.269 e. The predicted octanol–water partition coefficient (Wildman–Crippen LogP) is 1.51. The fraction of sp³-hybridized carbons (Fsp3) is 0.273. The molecule has 0 aliphatic heterocycles. The van der Waals surface area contributed by atoms with Crippen LogP contribution in [-0.4, -0.2) is 27.6 Å². The van der Waals surface area contributed by atoms with Gasteiger partial charge in [-0.15, -0.1) is 0 Å². The Morgan fingerprint density at radius 3 is 2.94 bits per heavy atom. The minimum absolute atomic E-state index is 0.225. The van der Waals surface area contributed by atoms with Crippen LogP contribution >= 0.6 is 15.9 Å². The van der Waals surface area contributed by atoms with Crippen LogP contribution in [0, 0.1) is 6.92 Å². The topological polar surface area (TPSA) is 80.9 Å². The summed E-state index contributed by atoms with van der Waals surface area (Å²) in [5, 5.41) is 6.48. The van der Waals surface area contributed by atoms with Crippen molar-refractivity contribution in [3.05, 3.63) is 40.2 Å². The second kappa shape index (κ2) is 5.72. The van der Waals surface area contributed by atoms with Crippen LogP contribution in [-0.2, 0) is 6.42 Å². The van der Waals surface area contributed by atoms with Crippen LogP contribution in [0.1, 0.15) is 22.2 Å². The molecule has 6 nitrogen and oxygen atoms in total. The number of amides is 1. The summed E-state index contributed by atoms with van der Waals surface area (Å²) in [6.07, 6.45) is 0.525. The Morgan fingerprint density at radius 2 is 2.28 bits per heavy atom. The summed E-state index contributed by atoms with van der Waals surface area (Å²) < 4.78 is 5.46. The van der Waals surface area contributed by atoms with Gasteiger partial charge >= 0.3 is 0 Å². The van der Waals surface area contributed by atoms with Crippen molar-refractivity contribution >= 4 is 21.8 Å². The number of aromatic nitrogens is 3. The Labute approximate surface area is 112 Å². The number of hydrogen-bond donors (Lipinski definition) is 1. The molecule has 2 heterocycles. The number of carbonyl (C=O) groups is 1. The van der Waals surface area contributed by atoms with Gasteiger partial charge in [0.15, 0.2) is 5.82 Å². The Balaban J connectivity index is 1.85. The van der Waals surface area contributed by atoms with Gasteiger partial charge in [0.1, 0.15) is 10.3 Å². The van der Waals surface area contributed by atoms with Crippen LogP contribution in [0.15, 0.2) is 27.3 Å². The summed E-state index contributed by atoms with van der Waals surface area (Å²) in [6.45, 7) is 2.16. The molecule has 0 spiro atoms. The maximum Gasteiger partial charge on any atom is 0.269 e. The summed E-state index contributed by atoms with van der Waals surface area (Å²) in [7, 11) is 0. The van der Waals surface area contributed by atoms with E-state index in [0.717, 1.165) is 0 Å².